The summed E-state index contributed by atoms with van der Waals surface area (Å²) in [5.74, 6) is 0. The van der Waals surface area contributed by atoms with Crippen LogP contribution >= 0.6 is 0 Å². The number of rotatable bonds is 1. The summed E-state index contributed by atoms with van der Waals surface area (Å²) in [4.78, 5) is 0. The summed E-state index contributed by atoms with van der Waals surface area (Å²) in [6.07, 6.45) is 5.26. The summed E-state index contributed by atoms with van der Waals surface area (Å²) in [7, 11) is 0. The Hall–Kier alpha value is -1.09. The Labute approximate surface area is 71.9 Å². The summed E-state index contributed by atoms with van der Waals surface area (Å²) in [5, 5.41) is 10.3. The monoisotopic (exact) mass is 163 g/mol. The first-order chi connectivity index (χ1) is 5.88. The van der Waals surface area contributed by atoms with E-state index in [1.165, 1.54) is 16.8 Å². The van der Waals surface area contributed by atoms with E-state index in [1.54, 1.807) is 0 Å². The first kappa shape index (κ1) is 7.55. The molecule has 0 bridgehead atoms. The Balaban J connectivity index is 2.29. The Morgan fingerprint density at radius 1 is 1.50 bits per heavy atom. The molecule has 0 unspecified atom stereocenters. The highest BCUT2D eigenvalue weighted by molar-refractivity contribution is 5.67. The molecule has 0 saturated heterocycles. The molecule has 2 N–H and O–H groups in total. The van der Waals surface area contributed by atoms with Gasteiger partial charge in [0.05, 0.1) is 6.20 Å². The van der Waals surface area contributed by atoms with E-state index >= 15 is 0 Å². The highest BCUT2D eigenvalue weighted by Gasteiger charge is 2.08. The molecule has 0 spiro atoms. The number of hydrogen-bond acceptors (Lipinski definition) is 2. The quantitative estimate of drug-likeness (QED) is 0.650. The van der Waals surface area contributed by atoms with Crippen LogP contribution in [0.4, 0.5) is 0 Å². The number of aryl methyl sites for hydroxylation is 1. The van der Waals surface area contributed by atoms with Crippen LogP contribution in [0.5, 0.6) is 0 Å². The van der Waals surface area contributed by atoms with Crippen LogP contribution in [0.15, 0.2) is 12.3 Å². The number of hydrogen-bond donors (Lipinski definition) is 2. The Kier molecular flexibility index (Phi) is 1.96. The third-order valence-corrected chi connectivity index (χ3v) is 2.24. The Morgan fingerprint density at radius 2 is 2.42 bits per heavy atom. The highest BCUT2D eigenvalue weighted by atomic mass is 15.1. The molecular formula is C9H13N3. The molecule has 1 aromatic rings. The van der Waals surface area contributed by atoms with Crippen molar-refractivity contribution in [1.29, 1.82) is 0 Å². The topological polar surface area (TPSA) is 40.7 Å². The minimum absolute atomic E-state index is 0.986. The van der Waals surface area contributed by atoms with Crippen molar-refractivity contribution in [1.82, 2.24) is 15.5 Å². The zero-order valence-corrected chi connectivity index (χ0v) is 7.22. The van der Waals surface area contributed by atoms with Crippen LogP contribution in [0, 0.1) is 6.92 Å². The average Bonchev–Trinajstić information content (AvgIpc) is 2.53. The van der Waals surface area contributed by atoms with Gasteiger partial charge in [-0.15, -0.1) is 0 Å². The predicted molar refractivity (Wildman–Crippen MR) is 48.8 cm³/mol. The fourth-order valence-electron chi connectivity index (χ4n) is 1.54. The average molecular weight is 163 g/mol. The molecule has 0 saturated carbocycles. The molecule has 0 aliphatic carbocycles. The number of nitrogens with one attached hydrogen (secondary N) is 2. The number of aromatic nitrogens is 2. The van der Waals surface area contributed by atoms with Crippen molar-refractivity contribution in [3.63, 3.8) is 0 Å². The highest BCUT2D eigenvalue weighted by Crippen LogP contribution is 2.20. The summed E-state index contributed by atoms with van der Waals surface area (Å²) >= 11 is 0. The lowest BCUT2D eigenvalue weighted by atomic mass is 10.0. The molecule has 1 aliphatic heterocycles. The van der Waals surface area contributed by atoms with Gasteiger partial charge in [0.2, 0.25) is 0 Å². The van der Waals surface area contributed by atoms with Gasteiger partial charge in [-0.25, -0.2) is 0 Å². The van der Waals surface area contributed by atoms with E-state index in [9.17, 15) is 0 Å². The second kappa shape index (κ2) is 3.11. The van der Waals surface area contributed by atoms with Crippen molar-refractivity contribution in [2.24, 2.45) is 0 Å². The van der Waals surface area contributed by atoms with E-state index in [-0.39, 0.29) is 0 Å². The number of H-pyrrole nitrogens is 1. The van der Waals surface area contributed by atoms with Crippen molar-refractivity contribution in [2.75, 3.05) is 13.1 Å². The van der Waals surface area contributed by atoms with E-state index < -0.39 is 0 Å². The van der Waals surface area contributed by atoms with Gasteiger partial charge >= 0.3 is 0 Å². The van der Waals surface area contributed by atoms with Crippen LogP contribution < -0.4 is 5.32 Å². The maximum absolute atomic E-state index is 4.01. The van der Waals surface area contributed by atoms with E-state index in [2.05, 4.69) is 28.5 Å². The second-order valence-electron chi connectivity index (χ2n) is 3.09. The molecular weight excluding hydrogens is 150 g/mol. The lowest BCUT2D eigenvalue weighted by molar-refractivity contribution is 0.738. The maximum atomic E-state index is 4.01. The minimum atomic E-state index is 0.986. The minimum Gasteiger partial charge on any atom is -0.313 e. The van der Waals surface area contributed by atoms with Crippen molar-refractivity contribution in [3.05, 3.63) is 23.5 Å². The molecule has 3 nitrogen and oxygen atoms in total. The molecule has 0 atom stereocenters. The van der Waals surface area contributed by atoms with Crippen LogP contribution in [0.2, 0.25) is 0 Å². The van der Waals surface area contributed by atoms with Crippen LogP contribution in [0.1, 0.15) is 17.7 Å². The van der Waals surface area contributed by atoms with Gasteiger partial charge in [0.25, 0.3) is 0 Å². The predicted octanol–water partition coefficient (Wildman–Crippen LogP) is 1.09. The summed E-state index contributed by atoms with van der Waals surface area (Å²) in [5.41, 5.74) is 3.86. The molecule has 3 heteroatoms. The molecule has 0 amide bonds. The van der Waals surface area contributed by atoms with Crippen LogP contribution in [-0.4, -0.2) is 23.3 Å². The first-order valence-corrected chi connectivity index (χ1v) is 4.28. The normalized spacial score (nSPS) is 17.6. The number of aromatic amines is 1. The molecule has 0 radical (unpaired) electrons. The van der Waals surface area contributed by atoms with Crippen molar-refractivity contribution < 1.29 is 0 Å². The first-order valence-electron chi connectivity index (χ1n) is 4.28. The molecule has 64 valence electrons. The van der Waals surface area contributed by atoms with E-state index in [0.717, 1.165) is 19.5 Å². The smallest absolute Gasteiger partial charge is 0.0565 e. The van der Waals surface area contributed by atoms with Gasteiger partial charge in [0.1, 0.15) is 0 Å². The molecule has 12 heavy (non-hydrogen) atoms. The molecule has 2 rings (SSSR count). The Bertz CT molecular complexity index is 298. The fourth-order valence-corrected chi connectivity index (χ4v) is 1.54. The van der Waals surface area contributed by atoms with Crippen LogP contribution in [0.25, 0.3) is 5.57 Å². The lowest BCUT2D eigenvalue weighted by Crippen LogP contribution is -2.20. The molecule has 0 fully saturated rings. The summed E-state index contributed by atoms with van der Waals surface area (Å²) in [6, 6.07) is 0. The van der Waals surface area contributed by atoms with E-state index in [0.29, 0.717) is 0 Å². The van der Waals surface area contributed by atoms with Gasteiger partial charge < -0.3 is 5.32 Å². The Morgan fingerprint density at radius 3 is 3.00 bits per heavy atom. The molecule has 2 heterocycles. The molecule has 1 aliphatic rings. The van der Waals surface area contributed by atoms with E-state index in [1.807, 2.05) is 6.20 Å². The fraction of sp³-hybridized carbons (Fsp3) is 0.444. The van der Waals surface area contributed by atoms with Crippen molar-refractivity contribution >= 4 is 5.57 Å². The zero-order chi connectivity index (χ0) is 8.39. The zero-order valence-electron chi connectivity index (χ0n) is 7.22. The third-order valence-electron chi connectivity index (χ3n) is 2.24. The van der Waals surface area contributed by atoms with Gasteiger partial charge in [0, 0.05) is 17.8 Å². The van der Waals surface area contributed by atoms with Gasteiger partial charge in [-0.1, -0.05) is 6.08 Å². The SMILES string of the molecule is Cc1[nH]ncc1C1=CCNCC1. The van der Waals surface area contributed by atoms with E-state index in [4.69, 9.17) is 0 Å². The molecule has 1 aromatic heterocycles. The van der Waals surface area contributed by atoms with Gasteiger partial charge in [0.15, 0.2) is 0 Å². The van der Waals surface area contributed by atoms with Gasteiger partial charge in [-0.2, -0.15) is 5.10 Å². The standard InChI is InChI=1S/C9H13N3/c1-7-9(6-11-12-7)8-2-4-10-5-3-8/h2,6,10H,3-5H2,1H3,(H,11,12). The largest absolute Gasteiger partial charge is 0.313 e. The van der Waals surface area contributed by atoms with Gasteiger partial charge in [-0.3, -0.25) is 5.10 Å². The van der Waals surface area contributed by atoms with Crippen LogP contribution in [0.3, 0.4) is 0 Å². The van der Waals surface area contributed by atoms with Crippen LogP contribution in [-0.2, 0) is 0 Å². The van der Waals surface area contributed by atoms with Gasteiger partial charge in [-0.05, 0) is 25.5 Å². The van der Waals surface area contributed by atoms with Crippen molar-refractivity contribution in [3.8, 4) is 0 Å². The third kappa shape index (κ3) is 1.28. The number of nitrogens with zero attached hydrogens (tertiary/aromatic N) is 1. The summed E-state index contributed by atoms with van der Waals surface area (Å²) in [6.45, 7) is 4.13. The summed E-state index contributed by atoms with van der Waals surface area (Å²) < 4.78 is 0. The lowest BCUT2D eigenvalue weighted by Gasteiger charge is -2.12. The second-order valence-corrected chi connectivity index (χ2v) is 3.09. The van der Waals surface area contributed by atoms with Crippen molar-refractivity contribution in [2.45, 2.75) is 13.3 Å². The maximum Gasteiger partial charge on any atom is 0.0565 e. The molecule has 0 aromatic carbocycles.